The molecule has 0 spiro atoms. The van der Waals surface area contributed by atoms with Gasteiger partial charge < -0.3 is 15.4 Å². The lowest BCUT2D eigenvalue weighted by atomic mass is 9.97. The summed E-state index contributed by atoms with van der Waals surface area (Å²) < 4.78 is 5.52. The van der Waals surface area contributed by atoms with Gasteiger partial charge in [0.2, 0.25) is 0 Å². The highest BCUT2D eigenvalue weighted by Gasteiger charge is 2.26. The molecular weight excluding hydrogens is 366 g/mol. The number of nitrogens with zero attached hydrogens (tertiary/aromatic N) is 1. The average Bonchev–Trinajstić information content (AvgIpc) is 3.27. The van der Waals surface area contributed by atoms with Gasteiger partial charge in [0.1, 0.15) is 0 Å². The van der Waals surface area contributed by atoms with Gasteiger partial charge in [0.15, 0.2) is 0 Å². The van der Waals surface area contributed by atoms with Crippen LogP contribution in [0, 0.1) is 0 Å². The van der Waals surface area contributed by atoms with E-state index in [4.69, 9.17) is 4.74 Å². The van der Waals surface area contributed by atoms with Gasteiger partial charge in [0.05, 0.1) is 19.3 Å². The third kappa shape index (κ3) is 4.77. The normalized spacial score (nSPS) is 19.2. The molecule has 154 valence electrons. The van der Waals surface area contributed by atoms with Crippen LogP contribution in [0.1, 0.15) is 37.3 Å². The Kier molecular flexibility index (Phi) is 6.42. The molecule has 1 aliphatic heterocycles. The first-order valence-electron chi connectivity index (χ1n) is 10.6. The van der Waals surface area contributed by atoms with Gasteiger partial charge in [-0.05, 0) is 29.2 Å². The molecule has 1 saturated heterocycles. The van der Waals surface area contributed by atoms with Gasteiger partial charge in [-0.1, -0.05) is 55.3 Å². The Morgan fingerprint density at radius 1 is 1.00 bits per heavy atom. The quantitative estimate of drug-likeness (QED) is 0.763. The first-order chi connectivity index (χ1) is 14.2. The number of nitrogens with one attached hydrogen (secondary N) is 2. The number of carbonyl (C=O) groups excluding carboxylic acids is 2. The van der Waals surface area contributed by atoms with Crippen LogP contribution < -0.4 is 10.6 Å². The Labute approximate surface area is 171 Å². The lowest BCUT2D eigenvalue weighted by molar-refractivity contribution is -0.139. The minimum atomic E-state index is -0.546. The topological polar surface area (TPSA) is 70.7 Å². The van der Waals surface area contributed by atoms with E-state index < -0.39 is 11.8 Å². The van der Waals surface area contributed by atoms with Crippen LogP contribution in [0.4, 0.5) is 0 Å². The molecule has 2 N–H and O–H groups in total. The van der Waals surface area contributed by atoms with Gasteiger partial charge in [0, 0.05) is 25.7 Å². The molecule has 1 saturated carbocycles. The van der Waals surface area contributed by atoms with Crippen molar-refractivity contribution in [3.8, 4) is 0 Å². The zero-order valence-electron chi connectivity index (χ0n) is 16.7. The monoisotopic (exact) mass is 395 g/mol. The molecule has 6 heteroatoms. The second kappa shape index (κ2) is 9.37. The summed E-state index contributed by atoms with van der Waals surface area (Å²) in [6.45, 7) is 3.36. The summed E-state index contributed by atoms with van der Waals surface area (Å²) in [7, 11) is 0. The standard InChI is InChI=1S/C23H29N3O3/c27-22(23(28)25-18-8-2-3-9-18)24-16-21(26-12-14-29-15-13-26)20-11-5-7-17-6-1-4-10-19(17)20/h1,4-7,10-11,18,21H,2-3,8-9,12-16H2,(H,24,27)(H,25,28). The molecule has 1 heterocycles. The van der Waals surface area contributed by atoms with E-state index in [2.05, 4.69) is 45.9 Å². The van der Waals surface area contributed by atoms with Gasteiger partial charge in [-0.15, -0.1) is 0 Å². The van der Waals surface area contributed by atoms with Crippen LogP contribution in [0.2, 0.25) is 0 Å². The van der Waals surface area contributed by atoms with E-state index in [1.54, 1.807) is 0 Å². The molecule has 1 atom stereocenters. The van der Waals surface area contributed by atoms with Crippen LogP contribution in [0.25, 0.3) is 10.8 Å². The largest absolute Gasteiger partial charge is 0.379 e. The Morgan fingerprint density at radius 2 is 1.72 bits per heavy atom. The molecule has 2 aromatic carbocycles. The van der Waals surface area contributed by atoms with Crippen molar-refractivity contribution in [3.05, 3.63) is 48.0 Å². The summed E-state index contributed by atoms with van der Waals surface area (Å²) in [5.74, 6) is -1.06. The summed E-state index contributed by atoms with van der Waals surface area (Å²) in [6.07, 6.45) is 4.16. The highest BCUT2D eigenvalue weighted by atomic mass is 16.5. The number of fused-ring (bicyclic) bond motifs is 1. The fourth-order valence-corrected chi connectivity index (χ4v) is 4.46. The molecular formula is C23H29N3O3. The second-order valence-corrected chi connectivity index (χ2v) is 7.90. The molecule has 1 unspecified atom stereocenters. The van der Waals surface area contributed by atoms with Gasteiger partial charge in [-0.25, -0.2) is 0 Å². The minimum Gasteiger partial charge on any atom is -0.379 e. The van der Waals surface area contributed by atoms with E-state index in [0.717, 1.165) is 38.8 Å². The Bertz CT molecular complexity index is 852. The summed E-state index contributed by atoms with van der Waals surface area (Å²) in [5, 5.41) is 8.10. The Hall–Kier alpha value is -2.44. The molecule has 6 nitrogen and oxygen atoms in total. The lowest BCUT2D eigenvalue weighted by Gasteiger charge is -2.35. The van der Waals surface area contributed by atoms with Crippen molar-refractivity contribution in [2.24, 2.45) is 0 Å². The van der Waals surface area contributed by atoms with Crippen LogP contribution in [-0.4, -0.2) is 55.6 Å². The molecule has 0 aromatic heterocycles. The fourth-order valence-electron chi connectivity index (χ4n) is 4.46. The van der Waals surface area contributed by atoms with Crippen molar-refractivity contribution in [1.29, 1.82) is 0 Å². The number of hydrogen-bond acceptors (Lipinski definition) is 4. The van der Waals surface area contributed by atoms with Gasteiger partial charge in [-0.2, -0.15) is 0 Å². The van der Waals surface area contributed by atoms with Crippen molar-refractivity contribution in [2.45, 2.75) is 37.8 Å². The summed E-state index contributed by atoms with van der Waals surface area (Å²) in [5.41, 5.74) is 1.17. The van der Waals surface area contributed by atoms with E-state index in [9.17, 15) is 9.59 Å². The highest BCUT2D eigenvalue weighted by Crippen LogP contribution is 2.28. The van der Waals surface area contributed by atoms with Gasteiger partial charge in [-0.3, -0.25) is 14.5 Å². The molecule has 1 aliphatic carbocycles. The van der Waals surface area contributed by atoms with E-state index in [1.807, 2.05) is 12.1 Å². The highest BCUT2D eigenvalue weighted by molar-refractivity contribution is 6.35. The molecule has 4 rings (SSSR count). The van der Waals surface area contributed by atoms with Gasteiger partial charge >= 0.3 is 11.8 Å². The predicted octanol–water partition coefficient (Wildman–Crippen LogP) is 2.39. The zero-order chi connectivity index (χ0) is 20.1. The SMILES string of the molecule is O=C(NCC(c1cccc2ccccc12)N1CCOCC1)C(=O)NC1CCCC1. The minimum absolute atomic E-state index is 0.00627. The molecule has 0 radical (unpaired) electrons. The van der Waals surface area contributed by atoms with Crippen molar-refractivity contribution >= 4 is 22.6 Å². The van der Waals surface area contributed by atoms with Crippen LogP contribution >= 0.6 is 0 Å². The maximum atomic E-state index is 12.4. The number of rotatable bonds is 5. The van der Waals surface area contributed by atoms with E-state index in [-0.39, 0.29) is 12.1 Å². The van der Waals surface area contributed by atoms with Crippen molar-refractivity contribution in [2.75, 3.05) is 32.8 Å². The van der Waals surface area contributed by atoms with E-state index >= 15 is 0 Å². The second-order valence-electron chi connectivity index (χ2n) is 7.90. The summed E-state index contributed by atoms with van der Waals surface area (Å²) in [6, 6.07) is 14.7. The first kappa shape index (κ1) is 19.9. The number of hydrogen-bond donors (Lipinski definition) is 2. The van der Waals surface area contributed by atoms with Crippen molar-refractivity contribution in [3.63, 3.8) is 0 Å². The predicted molar refractivity (Wildman–Crippen MR) is 112 cm³/mol. The molecule has 29 heavy (non-hydrogen) atoms. The lowest BCUT2D eigenvalue weighted by Crippen LogP contribution is -2.48. The van der Waals surface area contributed by atoms with Gasteiger partial charge in [0.25, 0.3) is 0 Å². The summed E-state index contributed by atoms with van der Waals surface area (Å²) >= 11 is 0. The number of morpholine rings is 1. The Balaban J connectivity index is 1.50. The number of carbonyl (C=O) groups is 2. The van der Waals surface area contributed by atoms with E-state index in [1.165, 1.54) is 16.3 Å². The van der Waals surface area contributed by atoms with E-state index in [0.29, 0.717) is 19.8 Å². The number of amides is 2. The van der Waals surface area contributed by atoms with Crippen molar-refractivity contribution < 1.29 is 14.3 Å². The summed E-state index contributed by atoms with van der Waals surface area (Å²) in [4.78, 5) is 27.1. The third-order valence-corrected chi connectivity index (χ3v) is 6.02. The molecule has 2 aromatic rings. The third-order valence-electron chi connectivity index (χ3n) is 6.02. The average molecular weight is 396 g/mol. The van der Waals surface area contributed by atoms with Crippen LogP contribution in [0.5, 0.6) is 0 Å². The van der Waals surface area contributed by atoms with Crippen LogP contribution in [0.3, 0.4) is 0 Å². The number of benzene rings is 2. The smallest absolute Gasteiger partial charge is 0.309 e. The maximum Gasteiger partial charge on any atom is 0.309 e. The fraction of sp³-hybridized carbons (Fsp3) is 0.478. The van der Waals surface area contributed by atoms with Crippen LogP contribution in [-0.2, 0) is 14.3 Å². The van der Waals surface area contributed by atoms with Crippen LogP contribution in [0.15, 0.2) is 42.5 Å². The molecule has 2 fully saturated rings. The first-order valence-corrected chi connectivity index (χ1v) is 10.6. The maximum absolute atomic E-state index is 12.4. The Morgan fingerprint density at radius 3 is 2.52 bits per heavy atom. The number of ether oxygens (including phenoxy) is 1. The molecule has 0 bridgehead atoms. The van der Waals surface area contributed by atoms with Crippen molar-refractivity contribution in [1.82, 2.24) is 15.5 Å². The zero-order valence-corrected chi connectivity index (χ0v) is 16.7. The molecule has 2 aliphatic rings. The molecule has 2 amide bonds.